The standard InChI is InChI=1S/C17H22F2N2O2/c18-14-8-13(9-15(19)10-14)11-20-6-7-23-16(12-20)17(22)21-4-2-1-3-5-21/h8-10,16H,1-7,11-12H2. The van der Waals surface area contributed by atoms with Crippen LogP contribution in [0.3, 0.4) is 0 Å². The second-order valence-electron chi connectivity index (χ2n) is 6.26. The molecule has 2 saturated heterocycles. The predicted octanol–water partition coefficient (Wildman–Crippen LogP) is 2.18. The number of rotatable bonds is 3. The third kappa shape index (κ3) is 4.26. The molecule has 1 aromatic carbocycles. The summed E-state index contributed by atoms with van der Waals surface area (Å²) in [6, 6.07) is 3.53. The number of nitrogens with zero attached hydrogens (tertiary/aromatic N) is 2. The summed E-state index contributed by atoms with van der Waals surface area (Å²) < 4.78 is 32.2. The van der Waals surface area contributed by atoms with Gasteiger partial charge in [0, 0.05) is 38.8 Å². The van der Waals surface area contributed by atoms with E-state index in [0.29, 0.717) is 31.8 Å². The number of carbonyl (C=O) groups excluding carboxylic acids is 1. The van der Waals surface area contributed by atoms with E-state index in [2.05, 4.69) is 0 Å². The minimum atomic E-state index is -0.575. The maximum Gasteiger partial charge on any atom is 0.253 e. The molecule has 126 valence electrons. The molecule has 0 N–H and O–H groups in total. The van der Waals surface area contributed by atoms with E-state index in [1.165, 1.54) is 18.6 Å². The Morgan fingerprint density at radius 2 is 1.78 bits per heavy atom. The highest BCUT2D eigenvalue weighted by atomic mass is 19.1. The van der Waals surface area contributed by atoms with Crippen LogP contribution in [0.1, 0.15) is 24.8 Å². The molecule has 1 atom stereocenters. The third-order valence-corrected chi connectivity index (χ3v) is 4.42. The van der Waals surface area contributed by atoms with E-state index in [9.17, 15) is 13.6 Å². The fourth-order valence-electron chi connectivity index (χ4n) is 3.27. The molecule has 1 aromatic rings. The maximum absolute atomic E-state index is 13.3. The number of piperidine rings is 1. The molecule has 1 amide bonds. The van der Waals surface area contributed by atoms with Gasteiger partial charge in [0.1, 0.15) is 17.7 Å². The largest absolute Gasteiger partial charge is 0.366 e. The molecule has 2 aliphatic rings. The van der Waals surface area contributed by atoms with Crippen molar-refractivity contribution < 1.29 is 18.3 Å². The van der Waals surface area contributed by atoms with Gasteiger partial charge in [0.25, 0.3) is 5.91 Å². The molecule has 0 aliphatic carbocycles. The minimum Gasteiger partial charge on any atom is -0.366 e. The molecule has 0 radical (unpaired) electrons. The smallest absolute Gasteiger partial charge is 0.253 e. The summed E-state index contributed by atoms with van der Waals surface area (Å²) in [7, 11) is 0. The van der Waals surface area contributed by atoms with Crippen molar-refractivity contribution in [2.24, 2.45) is 0 Å². The maximum atomic E-state index is 13.3. The Balaban J connectivity index is 1.60. The number of hydrogen-bond acceptors (Lipinski definition) is 3. The zero-order chi connectivity index (χ0) is 16.2. The third-order valence-electron chi connectivity index (χ3n) is 4.42. The Morgan fingerprint density at radius 3 is 2.48 bits per heavy atom. The Labute approximate surface area is 135 Å². The quantitative estimate of drug-likeness (QED) is 0.854. The van der Waals surface area contributed by atoms with Crippen LogP contribution >= 0.6 is 0 Å². The van der Waals surface area contributed by atoms with Gasteiger partial charge >= 0.3 is 0 Å². The van der Waals surface area contributed by atoms with Crippen molar-refractivity contribution in [3.63, 3.8) is 0 Å². The highest BCUT2D eigenvalue weighted by molar-refractivity contribution is 5.81. The van der Waals surface area contributed by atoms with E-state index in [1.807, 2.05) is 9.80 Å². The average Bonchev–Trinajstić information content (AvgIpc) is 2.54. The summed E-state index contributed by atoms with van der Waals surface area (Å²) in [6.45, 7) is 3.60. The van der Waals surface area contributed by atoms with E-state index in [4.69, 9.17) is 4.74 Å². The van der Waals surface area contributed by atoms with Gasteiger partial charge in [0.15, 0.2) is 0 Å². The minimum absolute atomic E-state index is 0.0415. The van der Waals surface area contributed by atoms with Crippen molar-refractivity contribution in [2.75, 3.05) is 32.8 Å². The first-order valence-electron chi connectivity index (χ1n) is 8.19. The topological polar surface area (TPSA) is 32.8 Å². The molecule has 0 bridgehead atoms. The summed E-state index contributed by atoms with van der Waals surface area (Å²) in [4.78, 5) is 16.4. The van der Waals surface area contributed by atoms with Gasteiger partial charge in [0.05, 0.1) is 6.61 Å². The molecule has 0 aromatic heterocycles. The van der Waals surface area contributed by atoms with Gasteiger partial charge in [-0.25, -0.2) is 8.78 Å². The molecular weight excluding hydrogens is 302 g/mol. The molecule has 2 fully saturated rings. The van der Waals surface area contributed by atoms with Gasteiger partial charge in [-0.05, 0) is 37.0 Å². The molecule has 1 unspecified atom stereocenters. The number of benzene rings is 1. The first-order valence-corrected chi connectivity index (χ1v) is 8.19. The van der Waals surface area contributed by atoms with Gasteiger partial charge in [-0.2, -0.15) is 0 Å². The normalized spacial score (nSPS) is 23.0. The lowest BCUT2D eigenvalue weighted by Crippen LogP contribution is -2.51. The van der Waals surface area contributed by atoms with Crippen LogP contribution in [-0.4, -0.2) is 54.6 Å². The molecule has 2 aliphatic heterocycles. The number of amides is 1. The second kappa shape index (κ2) is 7.36. The molecule has 6 heteroatoms. The Morgan fingerprint density at radius 1 is 1.09 bits per heavy atom. The molecule has 3 rings (SSSR count). The fourth-order valence-corrected chi connectivity index (χ4v) is 3.27. The Hall–Kier alpha value is -1.53. The number of carbonyl (C=O) groups is 1. The number of ether oxygens (including phenoxy) is 1. The number of morpholine rings is 1. The van der Waals surface area contributed by atoms with E-state index in [0.717, 1.165) is 32.0 Å². The highest BCUT2D eigenvalue weighted by Gasteiger charge is 2.30. The molecule has 4 nitrogen and oxygen atoms in total. The summed E-state index contributed by atoms with van der Waals surface area (Å²) in [5.74, 6) is -1.11. The molecule has 0 saturated carbocycles. The van der Waals surface area contributed by atoms with Crippen LogP contribution in [0.2, 0.25) is 0 Å². The molecule has 23 heavy (non-hydrogen) atoms. The van der Waals surface area contributed by atoms with Crippen LogP contribution in [0.15, 0.2) is 18.2 Å². The van der Waals surface area contributed by atoms with E-state index >= 15 is 0 Å². The van der Waals surface area contributed by atoms with Crippen molar-refractivity contribution in [1.82, 2.24) is 9.80 Å². The fraction of sp³-hybridized carbons (Fsp3) is 0.588. The van der Waals surface area contributed by atoms with E-state index < -0.39 is 17.7 Å². The van der Waals surface area contributed by atoms with Crippen LogP contribution < -0.4 is 0 Å². The molecule has 2 heterocycles. The monoisotopic (exact) mass is 324 g/mol. The summed E-state index contributed by atoms with van der Waals surface area (Å²) >= 11 is 0. The molecule has 0 spiro atoms. The lowest BCUT2D eigenvalue weighted by atomic mass is 10.1. The van der Waals surface area contributed by atoms with Crippen molar-refractivity contribution in [3.8, 4) is 0 Å². The van der Waals surface area contributed by atoms with Crippen LogP contribution in [0.4, 0.5) is 8.78 Å². The summed E-state index contributed by atoms with van der Waals surface area (Å²) in [5.41, 5.74) is 0.577. The highest BCUT2D eigenvalue weighted by Crippen LogP contribution is 2.17. The van der Waals surface area contributed by atoms with Crippen molar-refractivity contribution in [1.29, 1.82) is 0 Å². The SMILES string of the molecule is O=C(C1CN(Cc2cc(F)cc(F)c2)CCO1)N1CCCCC1. The lowest BCUT2D eigenvalue weighted by molar-refractivity contribution is -0.150. The lowest BCUT2D eigenvalue weighted by Gasteiger charge is -2.36. The van der Waals surface area contributed by atoms with Gasteiger partial charge < -0.3 is 9.64 Å². The summed E-state index contributed by atoms with van der Waals surface area (Å²) in [6.07, 6.45) is 2.79. The van der Waals surface area contributed by atoms with Crippen molar-refractivity contribution in [3.05, 3.63) is 35.4 Å². The Kier molecular flexibility index (Phi) is 5.23. The Bertz CT molecular complexity index is 541. The predicted molar refractivity (Wildman–Crippen MR) is 81.8 cm³/mol. The second-order valence-corrected chi connectivity index (χ2v) is 6.26. The van der Waals surface area contributed by atoms with Gasteiger partial charge in [-0.15, -0.1) is 0 Å². The van der Waals surface area contributed by atoms with Crippen LogP contribution in [-0.2, 0) is 16.1 Å². The zero-order valence-corrected chi connectivity index (χ0v) is 13.1. The van der Waals surface area contributed by atoms with Crippen LogP contribution in [0.5, 0.6) is 0 Å². The van der Waals surface area contributed by atoms with Gasteiger partial charge in [-0.3, -0.25) is 9.69 Å². The first-order chi connectivity index (χ1) is 11.1. The average molecular weight is 324 g/mol. The van der Waals surface area contributed by atoms with E-state index in [-0.39, 0.29) is 5.91 Å². The number of likely N-dealkylation sites (tertiary alicyclic amines) is 1. The van der Waals surface area contributed by atoms with Crippen LogP contribution in [0, 0.1) is 11.6 Å². The van der Waals surface area contributed by atoms with Gasteiger partial charge in [-0.1, -0.05) is 0 Å². The molecular formula is C17H22F2N2O2. The number of hydrogen-bond donors (Lipinski definition) is 0. The first kappa shape index (κ1) is 16.3. The van der Waals surface area contributed by atoms with Gasteiger partial charge in [0.2, 0.25) is 0 Å². The number of halogens is 2. The van der Waals surface area contributed by atoms with E-state index in [1.54, 1.807) is 0 Å². The zero-order valence-electron chi connectivity index (χ0n) is 13.1. The van der Waals surface area contributed by atoms with Crippen molar-refractivity contribution in [2.45, 2.75) is 31.9 Å². The van der Waals surface area contributed by atoms with Crippen molar-refractivity contribution >= 4 is 5.91 Å². The van der Waals surface area contributed by atoms with Crippen LogP contribution in [0.25, 0.3) is 0 Å². The summed E-state index contributed by atoms with van der Waals surface area (Å²) in [5, 5.41) is 0.